The van der Waals surface area contributed by atoms with Crippen LogP contribution in [0, 0.1) is 11.8 Å². The first-order valence-electron chi connectivity index (χ1n) is 12.7. The van der Waals surface area contributed by atoms with E-state index in [1.807, 2.05) is 25.7 Å². The van der Waals surface area contributed by atoms with Gasteiger partial charge in [-0.3, -0.25) is 9.59 Å². The highest BCUT2D eigenvalue weighted by molar-refractivity contribution is 6.36. The van der Waals surface area contributed by atoms with E-state index in [4.69, 9.17) is 23.2 Å². The molecule has 0 saturated carbocycles. The summed E-state index contributed by atoms with van der Waals surface area (Å²) in [5, 5.41) is 6.33. The van der Waals surface area contributed by atoms with Crippen molar-refractivity contribution in [2.45, 2.75) is 78.8 Å². The van der Waals surface area contributed by atoms with Gasteiger partial charge in [-0.1, -0.05) is 70.2 Å². The van der Waals surface area contributed by atoms with Gasteiger partial charge in [-0.25, -0.2) is 4.79 Å². The van der Waals surface area contributed by atoms with Crippen LogP contribution in [0.25, 0.3) is 0 Å². The highest BCUT2D eigenvalue weighted by Crippen LogP contribution is 2.26. The molecule has 7 nitrogen and oxygen atoms in total. The second kappa shape index (κ2) is 13.9. The fraction of sp³-hybridized carbons (Fsp3) is 0.654. The molecule has 9 heteroatoms. The van der Waals surface area contributed by atoms with Gasteiger partial charge in [-0.05, 0) is 43.9 Å². The quantitative estimate of drug-likeness (QED) is 0.403. The zero-order valence-electron chi connectivity index (χ0n) is 21.6. The third kappa shape index (κ3) is 8.01. The van der Waals surface area contributed by atoms with Gasteiger partial charge in [-0.15, -0.1) is 0 Å². The molecule has 1 saturated heterocycles. The summed E-state index contributed by atoms with van der Waals surface area (Å²) >= 11 is 12.1. The number of rotatable bonds is 10. The summed E-state index contributed by atoms with van der Waals surface area (Å²) in [5.74, 6) is 0.0324. The molecule has 4 amide bonds. The summed E-state index contributed by atoms with van der Waals surface area (Å²) in [5.41, 5.74) is 0.415. The van der Waals surface area contributed by atoms with Crippen LogP contribution in [0.5, 0.6) is 0 Å². The van der Waals surface area contributed by atoms with Crippen molar-refractivity contribution in [3.8, 4) is 0 Å². The Hall–Kier alpha value is -1.99. The Morgan fingerprint density at radius 3 is 2.37 bits per heavy atom. The van der Waals surface area contributed by atoms with Crippen molar-refractivity contribution >= 4 is 46.7 Å². The Bertz CT molecular complexity index is 882. The number of hydrogen-bond acceptors (Lipinski definition) is 3. The number of nitrogens with zero attached hydrogens (tertiary/aromatic N) is 2. The Balaban J connectivity index is 2.05. The van der Waals surface area contributed by atoms with E-state index < -0.39 is 12.1 Å². The summed E-state index contributed by atoms with van der Waals surface area (Å²) in [7, 11) is 0. The number of urea groups is 1. The zero-order valence-corrected chi connectivity index (χ0v) is 23.1. The van der Waals surface area contributed by atoms with E-state index in [2.05, 4.69) is 24.5 Å². The van der Waals surface area contributed by atoms with E-state index in [-0.39, 0.29) is 29.7 Å². The van der Waals surface area contributed by atoms with Crippen LogP contribution in [-0.2, 0) is 9.59 Å². The lowest BCUT2D eigenvalue weighted by Gasteiger charge is -2.42. The van der Waals surface area contributed by atoms with Crippen LogP contribution < -0.4 is 10.6 Å². The maximum Gasteiger partial charge on any atom is 0.319 e. The topological polar surface area (TPSA) is 81.8 Å². The molecule has 2 rings (SSSR count). The second-order valence-corrected chi connectivity index (χ2v) is 10.3. The van der Waals surface area contributed by atoms with Gasteiger partial charge in [0, 0.05) is 36.6 Å². The molecule has 196 valence electrons. The fourth-order valence-corrected chi connectivity index (χ4v) is 4.90. The van der Waals surface area contributed by atoms with Crippen LogP contribution in [0.3, 0.4) is 0 Å². The number of benzene rings is 1. The summed E-state index contributed by atoms with van der Waals surface area (Å²) in [4.78, 5) is 43.0. The molecule has 0 aromatic heterocycles. The number of halogens is 2. The predicted octanol–water partition coefficient (Wildman–Crippen LogP) is 5.81. The molecular weight excluding hydrogens is 487 g/mol. The van der Waals surface area contributed by atoms with Crippen molar-refractivity contribution in [1.29, 1.82) is 0 Å². The number of amides is 4. The molecule has 1 aliphatic heterocycles. The molecule has 0 spiro atoms. The predicted molar refractivity (Wildman–Crippen MR) is 143 cm³/mol. The van der Waals surface area contributed by atoms with E-state index in [1.54, 1.807) is 23.1 Å². The van der Waals surface area contributed by atoms with Gasteiger partial charge in [-0.2, -0.15) is 0 Å². The SMILES string of the molecule is CCCCC(CC)C(=O)N1CCN(C(=O)C(NC(=O)Nc2ccc(Cl)cc2Cl)C(C)CC)CC1C. The Morgan fingerprint density at radius 2 is 1.80 bits per heavy atom. The molecule has 2 N–H and O–H groups in total. The van der Waals surface area contributed by atoms with E-state index in [1.165, 1.54) is 0 Å². The molecule has 0 aliphatic carbocycles. The third-order valence-electron chi connectivity index (χ3n) is 6.92. The van der Waals surface area contributed by atoms with Gasteiger partial charge in [0.15, 0.2) is 0 Å². The second-order valence-electron chi connectivity index (χ2n) is 9.50. The number of carbonyl (C=O) groups excluding carboxylic acids is 3. The first kappa shape index (κ1) is 29.2. The van der Waals surface area contributed by atoms with E-state index in [9.17, 15) is 14.4 Å². The summed E-state index contributed by atoms with van der Waals surface area (Å²) in [6.45, 7) is 11.5. The van der Waals surface area contributed by atoms with Gasteiger partial charge in [0.2, 0.25) is 11.8 Å². The number of nitrogens with one attached hydrogen (secondary N) is 2. The average molecular weight is 528 g/mol. The maximum atomic E-state index is 13.5. The number of unbranched alkanes of at least 4 members (excludes halogenated alkanes) is 1. The minimum absolute atomic E-state index is 0.0394. The fourth-order valence-electron chi connectivity index (χ4n) is 4.44. The number of hydrogen-bond donors (Lipinski definition) is 2. The normalized spacial score (nSPS) is 18.5. The van der Waals surface area contributed by atoms with Crippen molar-refractivity contribution in [2.75, 3.05) is 25.0 Å². The van der Waals surface area contributed by atoms with Crippen molar-refractivity contribution in [3.63, 3.8) is 0 Å². The molecular formula is C26H40Cl2N4O3. The largest absolute Gasteiger partial charge is 0.337 e. The standard InChI is InChI=1S/C26H40Cl2N4O3/c1-6-9-10-19(8-3)24(33)32-14-13-31(16-18(32)5)25(34)23(17(4)7-2)30-26(35)29-22-12-11-20(27)15-21(22)28/h11-12,15,17-19,23H,6-10,13-14,16H2,1-5H3,(H2,29,30,35). The van der Waals surface area contributed by atoms with Crippen molar-refractivity contribution < 1.29 is 14.4 Å². The van der Waals surface area contributed by atoms with Crippen LogP contribution in [0.15, 0.2) is 18.2 Å². The van der Waals surface area contributed by atoms with Crippen LogP contribution in [0.4, 0.5) is 10.5 Å². The summed E-state index contributed by atoms with van der Waals surface area (Å²) < 4.78 is 0. The van der Waals surface area contributed by atoms with Crippen LogP contribution in [0.1, 0.15) is 66.7 Å². The molecule has 1 heterocycles. The molecule has 0 radical (unpaired) electrons. The summed E-state index contributed by atoms with van der Waals surface area (Å²) in [6, 6.07) is 3.53. The molecule has 1 aromatic rings. The smallest absolute Gasteiger partial charge is 0.319 e. The van der Waals surface area contributed by atoms with E-state index in [0.717, 1.165) is 32.1 Å². The first-order chi connectivity index (χ1) is 16.6. The first-order valence-corrected chi connectivity index (χ1v) is 13.5. The molecule has 4 atom stereocenters. The lowest BCUT2D eigenvalue weighted by molar-refractivity contribution is -0.146. The Kier molecular flexibility index (Phi) is 11.6. The van der Waals surface area contributed by atoms with Crippen LogP contribution >= 0.6 is 23.2 Å². The zero-order chi connectivity index (χ0) is 26.1. The number of piperazine rings is 1. The molecule has 35 heavy (non-hydrogen) atoms. The number of carbonyl (C=O) groups is 3. The average Bonchev–Trinajstić information content (AvgIpc) is 2.83. The monoisotopic (exact) mass is 526 g/mol. The number of anilines is 1. The van der Waals surface area contributed by atoms with Gasteiger partial charge in [0.25, 0.3) is 0 Å². The summed E-state index contributed by atoms with van der Waals surface area (Å²) in [6.07, 6.45) is 4.58. The van der Waals surface area contributed by atoms with Crippen LogP contribution in [-0.4, -0.2) is 59.4 Å². The van der Waals surface area contributed by atoms with Gasteiger partial charge in [0.1, 0.15) is 6.04 Å². The van der Waals surface area contributed by atoms with Gasteiger partial charge < -0.3 is 20.4 Å². The Morgan fingerprint density at radius 1 is 1.09 bits per heavy atom. The lowest BCUT2D eigenvalue weighted by atomic mass is 9.95. The molecule has 4 unspecified atom stereocenters. The molecule has 1 aliphatic rings. The van der Waals surface area contributed by atoms with E-state index >= 15 is 0 Å². The van der Waals surface area contributed by atoms with Crippen LogP contribution in [0.2, 0.25) is 10.0 Å². The molecule has 1 fully saturated rings. The maximum absolute atomic E-state index is 13.5. The van der Waals surface area contributed by atoms with Gasteiger partial charge in [0.05, 0.1) is 10.7 Å². The molecule has 1 aromatic carbocycles. The minimum atomic E-state index is -0.687. The van der Waals surface area contributed by atoms with Crippen molar-refractivity contribution in [1.82, 2.24) is 15.1 Å². The van der Waals surface area contributed by atoms with Crippen molar-refractivity contribution in [2.24, 2.45) is 11.8 Å². The minimum Gasteiger partial charge on any atom is -0.337 e. The molecule has 0 bridgehead atoms. The van der Waals surface area contributed by atoms with E-state index in [0.29, 0.717) is 35.4 Å². The lowest BCUT2D eigenvalue weighted by Crippen LogP contribution is -2.60. The van der Waals surface area contributed by atoms with Gasteiger partial charge >= 0.3 is 6.03 Å². The highest BCUT2D eigenvalue weighted by Gasteiger charge is 2.36. The third-order valence-corrected chi connectivity index (χ3v) is 7.46. The van der Waals surface area contributed by atoms with Crippen molar-refractivity contribution in [3.05, 3.63) is 28.2 Å². The highest BCUT2D eigenvalue weighted by atomic mass is 35.5. The Labute approximate surface area is 219 Å².